The third kappa shape index (κ3) is 15.3. The maximum absolute atomic E-state index is 11.2. The molecule has 104 valence electrons. The first kappa shape index (κ1) is 21.6. The topological polar surface area (TPSA) is 55.4 Å². The van der Waals surface area contributed by atoms with E-state index in [0.717, 1.165) is 0 Å². The minimum Gasteiger partial charge on any atom is -0.461 e. The lowest BCUT2D eigenvalue weighted by atomic mass is 10.3. The molecule has 0 aromatic carbocycles. The van der Waals surface area contributed by atoms with Gasteiger partial charge in [0.2, 0.25) is 5.91 Å². The van der Waals surface area contributed by atoms with Gasteiger partial charge in [0, 0.05) is 12.7 Å². The van der Waals surface area contributed by atoms with Gasteiger partial charge in [-0.05, 0) is 13.8 Å². The quantitative estimate of drug-likeness (QED) is 0.606. The van der Waals surface area contributed by atoms with Gasteiger partial charge in [0.1, 0.15) is 6.04 Å². The molecule has 1 unspecified atom stereocenters. The molecule has 1 amide bonds. The molecule has 0 aromatic rings. The first-order chi connectivity index (χ1) is 7.97. The van der Waals surface area contributed by atoms with Gasteiger partial charge in [0.15, 0.2) is 0 Å². The SMILES string of the molecule is CC.CC.CC(=O)NC(CS)C(=O)OC(C)C. The molecule has 0 saturated heterocycles. The van der Waals surface area contributed by atoms with Crippen LogP contribution in [-0.2, 0) is 14.3 Å². The Labute approximate surface area is 111 Å². The van der Waals surface area contributed by atoms with E-state index in [9.17, 15) is 9.59 Å². The van der Waals surface area contributed by atoms with Gasteiger partial charge in [-0.1, -0.05) is 27.7 Å². The highest BCUT2D eigenvalue weighted by atomic mass is 32.1. The van der Waals surface area contributed by atoms with Gasteiger partial charge in [-0.2, -0.15) is 12.6 Å². The predicted molar refractivity (Wildman–Crippen MR) is 75.4 cm³/mol. The standard InChI is InChI=1S/C8H15NO3S.2C2H6/c1-5(2)12-8(11)7(4-13)9-6(3)10;2*1-2/h5,7,13H,4H2,1-3H3,(H,9,10);2*1-2H3. The molecule has 0 aromatic heterocycles. The molecule has 4 nitrogen and oxygen atoms in total. The second kappa shape index (κ2) is 15.3. The molecule has 1 N–H and O–H groups in total. The first-order valence-corrected chi connectivity index (χ1v) is 6.69. The van der Waals surface area contributed by atoms with Crippen LogP contribution < -0.4 is 5.32 Å². The molecule has 0 fully saturated rings. The van der Waals surface area contributed by atoms with Crippen molar-refractivity contribution in [1.29, 1.82) is 0 Å². The van der Waals surface area contributed by atoms with E-state index in [-0.39, 0.29) is 17.8 Å². The summed E-state index contributed by atoms with van der Waals surface area (Å²) < 4.78 is 4.90. The average Bonchev–Trinajstić information content (AvgIpc) is 2.30. The van der Waals surface area contributed by atoms with Crippen LogP contribution in [0.25, 0.3) is 0 Å². The molecule has 0 aliphatic rings. The number of ether oxygens (including phenoxy) is 1. The number of rotatable bonds is 4. The summed E-state index contributed by atoms with van der Waals surface area (Å²) in [6, 6.07) is -0.650. The van der Waals surface area contributed by atoms with Gasteiger partial charge in [-0.3, -0.25) is 4.79 Å². The van der Waals surface area contributed by atoms with Crippen LogP contribution in [0, 0.1) is 0 Å². The highest BCUT2D eigenvalue weighted by molar-refractivity contribution is 7.80. The summed E-state index contributed by atoms with van der Waals surface area (Å²) in [6.07, 6.45) is -0.177. The molecular formula is C12H27NO3S. The van der Waals surface area contributed by atoms with Crippen LogP contribution >= 0.6 is 12.6 Å². The highest BCUT2D eigenvalue weighted by Gasteiger charge is 2.19. The van der Waals surface area contributed by atoms with E-state index in [4.69, 9.17) is 4.74 Å². The largest absolute Gasteiger partial charge is 0.461 e. The van der Waals surface area contributed by atoms with Crippen LogP contribution in [-0.4, -0.2) is 29.8 Å². The van der Waals surface area contributed by atoms with Gasteiger partial charge in [0.05, 0.1) is 6.10 Å². The summed E-state index contributed by atoms with van der Waals surface area (Å²) in [4.78, 5) is 21.9. The summed E-state index contributed by atoms with van der Waals surface area (Å²) in [5.74, 6) is -0.467. The number of nitrogens with one attached hydrogen (secondary N) is 1. The van der Waals surface area contributed by atoms with Gasteiger partial charge in [0.25, 0.3) is 0 Å². The van der Waals surface area contributed by atoms with Gasteiger partial charge >= 0.3 is 5.97 Å². The van der Waals surface area contributed by atoms with Crippen molar-refractivity contribution >= 4 is 24.5 Å². The number of carbonyl (C=O) groups excluding carboxylic acids is 2. The molecule has 0 bridgehead atoms. The van der Waals surface area contributed by atoms with Crippen LogP contribution in [0.15, 0.2) is 0 Å². The fourth-order valence-electron chi connectivity index (χ4n) is 0.739. The lowest BCUT2D eigenvalue weighted by molar-refractivity contribution is -0.150. The first-order valence-electron chi connectivity index (χ1n) is 6.05. The minimum atomic E-state index is -0.650. The molecule has 0 saturated carbocycles. The van der Waals surface area contributed by atoms with E-state index in [0.29, 0.717) is 0 Å². The molecule has 0 radical (unpaired) electrons. The van der Waals surface area contributed by atoms with Crippen molar-refractivity contribution in [3.8, 4) is 0 Å². The lowest BCUT2D eigenvalue weighted by Gasteiger charge is -2.16. The van der Waals surface area contributed by atoms with E-state index in [1.165, 1.54) is 6.92 Å². The summed E-state index contributed by atoms with van der Waals surface area (Å²) in [5.41, 5.74) is 0. The Balaban J connectivity index is -0.000000439. The van der Waals surface area contributed by atoms with E-state index in [1.807, 2.05) is 27.7 Å². The zero-order valence-corrected chi connectivity index (χ0v) is 12.9. The van der Waals surface area contributed by atoms with Gasteiger partial charge < -0.3 is 10.1 Å². The van der Waals surface area contributed by atoms with Crippen LogP contribution in [0.2, 0.25) is 0 Å². The lowest BCUT2D eigenvalue weighted by Crippen LogP contribution is -2.42. The Morgan fingerprint density at radius 2 is 1.59 bits per heavy atom. The summed E-state index contributed by atoms with van der Waals surface area (Å²) in [7, 11) is 0. The third-order valence-corrected chi connectivity index (χ3v) is 1.56. The van der Waals surface area contributed by atoms with Crippen LogP contribution in [0.4, 0.5) is 0 Å². The van der Waals surface area contributed by atoms with Crippen molar-refractivity contribution in [3.63, 3.8) is 0 Å². The van der Waals surface area contributed by atoms with Crippen molar-refractivity contribution < 1.29 is 14.3 Å². The maximum Gasteiger partial charge on any atom is 0.329 e. The molecule has 0 aliphatic carbocycles. The third-order valence-electron chi connectivity index (χ3n) is 1.20. The Morgan fingerprint density at radius 3 is 1.82 bits per heavy atom. The molecular weight excluding hydrogens is 238 g/mol. The van der Waals surface area contributed by atoms with E-state index < -0.39 is 12.0 Å². The van der Waals surface area contributed by atoms with E-state index >= 15 is 0 Å². The Bertz CT molecular complexity index is 196. The van der Waals surface area contributed by atoms with E-state index in [2.05, 4.69) is 17.9 Å². The van der Waals surface area contributed by atoms with Crippen molar-refractivity contribution in [3.05, 3.63) is 0 Å². The van der Waals surface area contributed by atoms with Crippen molar-refractivity contribution in [1.82, 2.24) is 5.32 Å². The monoisotopic (exact) mass is 265 g/mol. The van der Waals surface area contributed by atoms with Crippen molar-refractivity contribution in [2.75, 3.05) is 5.75 Å². The summed E-state index contributed by atoms with van der Waals surface area (Å²) >= 11 is 3.94. The molecule has 0 aliphatic heterocycles. The molecule has 0 spiro atoms. The van der Waals surface area contributed by atoms with Crippen LogP contribution in [0.3, 0.4) is 0 Å². The molecule has 5 heteroatoms. The van der Waals surface area contributed by atoms with Gasteiger partial charge in [-0.15, -0.1) is 0 Å². The smallest absolute Gasteiger partial charge is 0.329 e. The Hall–Kier alpha value is -0.710. The number of amides is 1. The second-order valence-electron chi connectivity index (χ2n) is 2.92. The van der Waals surface area contributed by atoms with Crippen molar-refractivity contribution in [2.45, 2.75) is 60.6 Å². The molecule has 1 atom stereocenters. The Kier molecular flexibility index (Phi) is 19.4. The van der Waals surface area contributed by atoms with Gasteiger partial charge in [-0.25, -0.2) is 4.79 Å². The van der Waals surface area contributed by atoms with Crippen LogP contribution in [0.5, 0.6) is 0 Å². The summed E-state index contributed by atoms with van der Waals surface area (Å²) in [5, 5.41) is 2.44. The summed E-state index contributed by atoms with van der Waals surface area (Å²) in [6.45, 7) is 12.8. The zero-order chi connectivity index (χ0) is 14.4. The normalized spacial score (nSPS) is 10.2. The highest BCUT2D eigenvalue weighted by Crippen LogP contribution is 1.96. The van der Waals surface area contributed by atoms with E-state index in [1.54, 1.807) is 13.8 Å². The number of hydrogen-bond donors (Lipinski definition) is 2. The zero-order valence-electron chi connectivity index (χ0n) is 12.0. The maximum atomic E-state index is 11.2. The fraction of sp³-hybridized carbons (Fsp3) is 0.833. The molecule has 0 heterocycles. The number of carbonyl (C=O) groups is 2. The second-order valence-corrected chi connectivity index (χ2v) is 3.29. The minimum absolute atomic E-state index is 0.177. The fourth-order valence-corrected chi connectivity index (χ4v) is 0.979. The predicted octanol–water partition coefficient (Wildman–Crippen LogP) is 2.42. The number of thiol groups is 1. The Morgan fingerprint density at radius 1 is 1.18 bits per heavy atom. The van der Waals surface area contributed by atoms with Crippen LogP contribution in [0.1, 0.15) is 48.5 Å². The number of esters is 1. The van der Waals surface area contributed by atoms with Crippen molar-refractivity contribution in [2.24, 2.45) is 0 Å². The molecule has 0 rings (SSSR count). The number of hydrogen-bond acceptors (Lipinski definition) is 4. The average molecular weight is 265 g/mol. The molecule has 17 heavy (non-hydrogen) atoms.